The van der Waals surface area contributed by atoms with Crippen LogP contribution in [0.3, 0.4) is 0 Å². The number of benzene rings is 2. The summed E-state index contributed by atoms with van der Waals surface area (Å²) >= 11 is 4.52. The highest BCUT2D eigenvalue weighted by Crippen LogP contribution is 2.31. The maximum Gasteiger partial charge on any atom is 0.337 e. The molecular formula is C14H10BrFO2S. The molecular weight excluding hydrogens is 331 g/mol. The van der Waals surface area contributed by atoms with Crippen LogP contribution in [0.25, 0.3) is 0 Å². The van der Waals surface area contributed by atoms with Gasteiger partial charge in [-0.2, -0.15) is 0 Å². The lowest BCUT2D eigenvalue weighted by atomic mass is 10.2. The molecule has 0 fully saturated rings. The van der Waals surface area contributed by atoms with E-state index in [9.17, 15) is 9.18 Å². The lowest BCUT2D eigenvalue weighted by molar-refractivity contribution is 0.0600. The van der Waals surface area contributed by atoms with Gasteiger partial charge in [0.05, 0.1) is 12.7 Å². The van der Waals surface area contributed by atoms with Crippen molar-refractivity contribution in [2.75, 3.05) is 7.11 Å². The third-order valence-electron chi connectivity index (χ3n) is 2.40. The molecule has 0 saturated heterocycles. The minimum absolute atomic E-state index is 0.281. The predicted octanol–water partition coefficient (Wildman–Crippen LogP) is 4.53. The fourth-order valence-electron chi connectivity index (χ4n) is 1.46. The SMILES string of the molecule is COC(=O)c1ccc(Sc2ccc(Br)cc2F)cc1. The Bertz CT molecular complexity index is 599. The monoisotopic (exact) mass is 340 g/mol. The maximum absolute atomic E-state index is 13.7. The zero-order valence-electron chi connectivity index (χ0n) is 10.0. The fourth-order valence-corrected chi connectivity index (χ4v) is 2.61. The number of rotatable bonds is 3. The van der Waals surface area contributed by atoms with Crippen LogP contribution in [-0.4, -0.2) is 13.1 Å². The summed E-state index contributed by atoms with van der Waals surface area (Å²) in [4.78, 5) is 12.7. The maximum atomic E-state index is 13.7. The van der Waals surface area contributed by atoms with Gasteiger partial charge in [0.2, 0.25) is 0 Å². The second-order valence-electron chi connectivity index (χ2n) is 3.69. The molecule has 0 aromatic heterocycles. The second kappa shape index (κ2) is 6.21. The van der Waals surface area contributed by atoms with Crippen molar-refractivity contribution in [3.8, 4) is 0 Å². The minimum Gasteiger partial charge on any atom is -0.465 e. The first-order chi connectivity index (χ1) is 9.10. The van der Waals surface area contributed by atoms with E-state index >= 15 is 0 Å². The van der Waals surface area contributed by atoms with Crippen molar-refractivity contribution in [3.05, 3.63) is 58.3 Å². The first kappa shape index (κ1) is 14.1. The van der Waals surface area contributed by atoms with Crippen molar-refractivity contribution < 1.29 is 13.9 Å². The van der Waals surface area contributed by atoms with Crippen molar-refractivity contribution in [2.45, 2.75) is 9.79 Å². The molecule has 0 radical (unpaired) electrons. The summed E-state index contributed by atoms with van der Waals surface area (Å²) < 4.78 is 19.0. The summed E-state index contributed by atoms with van der Waals surface area (Å²) in [6.07, 6.45) is 0. The highest BCUT2D eigenvalue weighted by atomic mass is 79.9. The molecule has 2 aromatic carbocycles. The lowest BCUT2D eigenvalue weighted by Crippen LogP contribution is -2.00. The molecule has 19 heavy (non-hydrogen) atoms. The summed E-state index contributed by atoms with van der Waals surface area (Å²) in [5.74, 6) is -0.664. The molecule has 0 N–H and O–H groups in total. The number of methoxy groups -OCH3 is 1. The Balaban J connectivity index is 2.17. The van der Waals surface area contributed by atoms with Gasteiger partial charge in [0, 0.05) is 14.3 Å². The molecule has 0 bridgehead atoms. The largest absolute Gasteiger partial charge is 0.465 e. The van der Waals surface area contributed by atoms with Gasteiger partial charge in [0.15, 0.2) is 0 Å². The summed E-state index contributed by atoms with van der Waals surface area (Å²) in [6, 6.07) is 11.8. The predicted molar refractivity (Wildman–Crippen MR) is 76.0 cm³/mol. The van der Waals surface area contributed by atoms with E-state index in [1.54, 1.807) is 36.4 Å². The van der Waals surface area contributed by atoms with Crippen LogP contribution in [0.15, 0.2) is 56.7 Å². The topological polar surface area (TPSA) is 26.3 Å². The summed E-state index contributed by atoms with van der Waals surface area (Å²) in [7, 11) is 1.34. The number of hydrogen-bond acceptors (Lipinski definition) is 3. The van der Waals surface area contributed by atoms with Crippen LogP contribution in [0.2, 0.25) is 0 Å². The Kier molecular flexibility index (Phi) is 4.61. The first-order valence-corrected chi connectivity index (χ1v) is 7.02. The quantitative estimate of drug-likeness (QED) is 0.768. The molecule has 0 spiro atoms. The van der Waals surface area contributed by atoms with Gasteiger partial charge in [-0.05, 0) is 42.5 Å². The van der Waals surface area contributed by atoms with Crippen molar-refractivity contribution in [1.29, 1.82) is 0 Å². The molecule has 0 amide bonds. The second-order valence-corrected chi connectivity index (χ2v) is 5.72. The molecule has 2 nitrogen and oxygen atoms in total. The van der Waals surface area contributed by atoms with E-state index < -0.39 is 0 Å². The van der Waals surface area contributed by atoms with Crippen LogP contribution in [0.4, 0.5) is 4.39 Å². The van der Waals surface area contributed by atoms with E-state index in [0.29, 0.717) is 14.9 Å². The van der Waals surface area contributed by atoms with Gasteiger partial charge in [-0.1, -0.05) is 27.7 Å². The zero-order valence-corrected chi connectivity index (χ0v) is 12.4. The van der Waals surface area contributed by atoms with E-state index in [1.165, 1.54) is 24.9 Å². The third-order valence-corrected chi connectivity index (χ3v) is 3.95. The van der Waals surface area contributed by atoms with Crippen LogP contribution in [0, 0.1) is 5.82 Å². The highest BCUT2D eigenvalue weighted by molar-refractivity contribution is 9.10. The number of ether oxygens (including phenoxy) is 1. The number of carbonyl (C=O) groups excluding carboxylic acids is 1. The van der Waals surface area contributed by atoms with Gasteiger partial charge in [-0.15, -0.1) is 0 Å². The molecule has 98 valence electrons. The van der Waals surface area contributed by atoms with Crippen molar-refractivity contribution >= 4 is 33.7 Å². The van der Waals surface area contributed by atoms with E-state index in [1.807, 2.05) is 0 Å². The summed E-state index contributed by atoms with van der Waals surface area (Å²) in [6.45, 7) is 0. The lowest BCUT2D eigenvalue weighted by Gasteiger charge is -2.04. The van der Waals surface area contributed by atoms with Gasteiger partial charge in [-0.3, -0.25) is 0 Å². The average molecular weight is 341 g/mol. The zero-order chi connectivity index (χ0) is 13.8. The normalized spacial score (nSPS) is 10.3. The molecule has 5 heteroatoms. The van der Waals surface area contributed by atoms with Crippen LogP contribution in [0.5, 0.6) is 0 Å². The highest BCUT2D eigenvalue weighted by Gasteiger charge is 2.07. The van der Waals surface area contributed by atoms with Crippen LogP contribution >= 0.6 is 27.7 Å². The molecule has 0 saturated carbocycles. The third kappa shape index (κ3) is 3.58. The van der Waals surface area contributed by atoms with E-state index in [4.69, 9.17) is 0 Å². The van der Waals surface area contributed by atoms with Crippen LogP contribution in [-0.2, 0) is 4.74 Å². The van der Waals surface area contributed by atoms with Gasteiger partial charge in [0.25, 0.3) is 0 Å². The summed E-state index contributed by atoms with van der Waals surface area (Å²) in [5, 5.41) is 0. The molecule has 2 rings (SSSR count). The Labute approximate surface area is 123 Å². The van der Waals surface area contributed by atoms with Crippen LogP contribution < -0.4 is 0 Å². The molecule has 0 aliphatic rings. The van der Waals surface area contributed by atoms with Gasteiger partial charge in [0.1, 0.15) is 5.82 Å². The standard InChI is InChI=1S/C14H10BrFO2S/c1-18-14(17)9-2-5-11(6-3-9)19-13-7-4-10(15)8-12(13)16/h2-8H,1H3. The van der Waals surface area contributed by atoms with E-state index in [-0.39, 0.29) is 11.8 Å². The smallest absolute Gasteiger partial charge is 0.337 e. The number of hydrogen-bond donors (Lipinski definition) is 0. The van der Waals surface area contributed by atoms with E-state index in [0.717, 1.165) is 4.90 Å². The number of esters is 1. The molecule has 0 unspecified atom stereocenters. The van der Waals surface area contributed by atoms with Gasteiger partial charge < -0.3 is 4.74 Å². The minimum atomic E-state index is -0.383. The summed E-state index contributed by atoms with van der Waals surface area (Å²) in [5.41, 5.74) is 0.475. The van der Waals surface area contributed by atoms with E-state index in [2.05, 4.69) is 20.7 Å². The average Bonchev–Trinajstić information content (AvgIpc) is 2.42. The number of carbonyl (C=O) groups is 1. The first-order valence-electron chi connectivity index (χ1n) is 5.41. The van der Waals surface area contributed by atoms with Gasteiger partial charge >= 0.3 is 5.97 Å². The molecule has 0 heterocycles. The van der Waals surface area contributed by atoms with Gasteiger partial charge in [-0.25, -0.2) is 9.18 Å². The molecule has 0 aliphatic carbocycles. The Hall–Kier alpha value is -1.33. The van der Waals surface area contributed by atoms with Crippen molar-refractivity contribution in [3.63, 3.8) is 0 Å². The Morgan fingerprint density at radius 3 is 2.47 bits per heavy atom. The Morgan fingerprint density at radius 2 is 1.89 bits per heavy atom. The molecule has 0 aliphatic heterocycles. The Morgan fingerprint density at radius 1 is 1.21 bits per heavy atom. The molecule has 2 aromatic rings. The van der Waals surface area contributed by atoms with Crippen LogP contribution in [0.1, 0.15) is 10.4 Å². The van der Waals surface area contributed by atoms with Crippen molar-refractivity contribution in [2.24, 2.45) is 0 Å². The van der Waals surface area contributed by atoms with Crippen molar-refractivity contribution in [1.82, 2.24) is 0 Å². The fraction of sp³-hybridized carbons (Fsp3) is 0.0714. The molecule has 0 atom stereocenters. The number of halogens is 2.